The normalized spacial score (nSPS) is 15.9. The van der Waals surface area contributed by atoms with Crippen LogP contribution in [0.5, 0.6) is 11.5 Å². The van der Waals surface area contributed by atoms with Gasteiger partial charge in [-0.05, 0) is 23.8 Å². The van der Waals surface area contributed by atoms with Crippen molar-refractivity contribution in [1.82, 2.24) is 5.32 Å². The molecule has 2 aromatic carbocycles. The lowest BCUT2D eigenvalue weighted by Crippen LogP contribution is -2.54. The number of aliphatic hydroxyl groups excluding tert-OH is 1. The molecular formula is C18H16Cl2FN3O4. The van der Waals surface area contributed by atoms with Gasteiger partial charge in [0.05, 0.1) is 22.3 Å². The molecule has 4 N–H and O–H groups in total. The average Bonchev–Trinajstić information content (AvgIpc) is 2.63. The zero-order chi connectivity index (χ0) is 20.4. The molecule has 148 valence electrons. The number of β-amino-alcohol motifs (C(OH)–C–C–N with tert-alkyl or cyclic N) is 1. The molecule has 1 heterocycles. The van der Waals surface area contributed by atoms with Gasteiger partial charge in [0.25, 0.3) is 0 Å². The fourth-order valence-electron chi connectivity index (χ4n) is 3.02. The number of rotatable bonds is 5. The van der Waals surface area contributed by atoms with Gasteiger partial charge < -0.3 is 25.8 Å². The van der Waals surface area contributed by atoms with Crippen molar-refractivity contribution in [3.63, 3.8) is 0 Å². The number of ether oxygens (including phenoxy) is 1. The molecule has 0 radical (unpaired) electrons. The van der Waals surface area contributed by atoms with Gasteiger partial charge in [0, 0.05) is 19.0 Å². The molecule has 28 heavy (non-hydrogen) atoms. The molecule has 3 amide bonds. The number of carbonyl (C=O) groups excluding carboxylic acids is 2. The number of anilines is 1. The number of amides is 3. The predicted molar refractivity (Wildman–Crippen MR) is 103 cm³/mol. The molecule has 0 aromatic heterocycles. The second kappa shape index (κ2) is 8.22. The number of nitrogens with two attached hydrogens (primary N) is 1. The molecule has 3 rings (SSSR count). The van der Waals surface area contributed by atoms with E-state index in [1.54, 1.807) is 12.1 Å². The molecule has 0 unspecified atom stereocenters. The Hall–Kier alpha value is -2.55. The molecule has 0 aliphatic carbocycles. The van der Waals surface area contributed by atoms with E-state index in [2.05, 4.69) is 5.32 Å². The van der Waals surface area contributed by atoms with Gasteiger partial charge in [-0.25, -0.2) is 9.18 Å². The van der Waals surface area contributed by atoms with Crippen LogP contribution in [0.25, 0.3) is 0 Å². The summed E-state index contributed by atoms with van der Waals surface area (Å²) in [5.74, 6) is -0.941. The van der Waals surface area contributed by atoms with Crippen LogP contribution in [0.3, 0.4) is 0 Å². The molecular weight excluding hydrogens is 412 g/mol. The van der Waals surface area contributed by atoms with Gasteiger partial charge in [-0.1, -0.05) is 29.3 Å². The Morgan fingerprint density at radius 1 is 1.32 bits per heavy atom. The van der Waals surface area contributed by atoms with E-state index >= 15 is 0 Å². The minimum Gasteiger partial charge on any atom is -0.452 e. The third-order valence-electron chi connectivity index (χ3n) is 4.17. The van der Waals surface area contributed by atoms with Crippen molar-refractivity contribution < 1.29 is 23.8 Å². The van der Waals surface area contributed by atoms with E-state index in [0.717, 1.165) is 6.07 Å². The van der Waals surface area contributed by atoms with E-state index in [0.29, 0.717) is 11.3 Å². The summed E-state index contributed by atoms with van der Waals surface area (Å²) in [6.07, 6.45) is 0.142. The van der Waals surface area contributed by atoms with Gasteiger partial charge in [-0.2, -0.15) is 0 Å². The molecule has 0 saturated heterocycles. The first-order valence-corrected chi connectivity index (χ1v) is 9.00. The van der Waals surface area contributed by atoms with Crippen molar-refractivity contribution in [1.29, 1.82) is 0 Å². The lowest BCUT2D eigenvalue weighted by atomic mass is 9.96. The Balaban J connectivity index is 2.10. The SMILES string of the molecule is NC(=O)N[C@@H]1Cc2ccc(Cl)c(Oc3cc(F)ccc3Cl)c2N(CCO)C1=O. The summed E-state index contributed by atoms with van der Waals surface area (Å²) in [4.78, 5) is 25.3. The van der Waals surface area contributed by atoms with E-state index in [9.17, 15) is 19.1 Å². The number of hydrogen-bond donors (Lipinski definition) is 3. The van der Waals surface area contributed by atoms with Gasteiger partial charge in [-0.3, -0.25) is 4.79 Å². The van der Waals surface area contributed by atoms with Crippen molar-refractivity contribution >= 4 is 40.8 Å². The highest BCUT2D eigenvalue weighted by Crippen LogP contribution is 2.45. The highest BCUT2D eigenvalue weighted by Gasteiger charge is 2.36. The van der Waals surface area contributed by atoms with Gasteiger partial charge in [0.2, 0.25) is 5.91 Å². The fourth-order valence-corrected chi connectivity index (χ4v) is 3.37. The van der Waals surface area contributed by atoms with Crippen LogP contribution >= 0.6 is 23.2 Å². The Bertz CT molecular complexity index is 941. The van der Waals surface area contributed by atoms with E-state index in [1.807, 2.05) is 0 Å². The van der Waals surface area contributed by atoms with Crippen LogP contribution in [0.15, 0.2) is 30.3 Å². The van der Waals surface area contributed by atoms with Crippen molar-refractivity contribution in [2.75, 3.05) is 18.1 Å². The smallest absolute Gasteiger partial charge is 0.312 e. The van der Waals surface area contributed by atoms with E-state index in [1.165, 1.54) is 17.0 Å². The topological polar surface area (TPSA) is 105 Å². The van der Waals surface area contributed by atoms with Gasteiger partial charge >= 0.3 is 6.03 Å². The van der Waals surface area contributed by atoms with Gasteiger partial charge in [-0.15, -0.1) is 0 Å². The van der Waals surface area contributed by atoms with Gasteiger partial charge in [0.1, 0.15) is 17.6 Å². The summed E-state index contributed by atoms with van der Waals surface area (Å²) in [6, 6.07) is 5.08. The predicted octanol–water partition coefficient (Wildman–Crippen LogP) is 2.84. The number of halogens is 3. The molecule has 7 nitrogen and oxygen atoms in total. The monoisotopic (exact) mass is 427 g/mol. The summed E-state index contributed by atoms with van der Waals surface area (Å²) in [6.45, 7) is -0.419. The maximum absolute atomic E-state index is 13.6. The van der Waals surface area contributed by atoms with E-state index in [4.69, 9.17) is 33.7 Å². The van der Waals surface area contributed by atoms with Crippen LogP contribution in [-0.4, -0.2) is 36.2 Å². The molecule has 1 aliphatic heterocycles. The average molecular weight is 428 g/mol. The minimum atomic E-state index is -0.900. The van der Waals surface area contributed by atoms with Crippen LogP contribution < -0.4 is 20.7 Å². The molecule has 0 saturated carbocycles. The summed E-state index contributed by atoms with van der Waals surface area (Å²) in [7, 11) is 0. The summed E-state index contributed by atoms with van der Waals surface area (Å²) in [5, 5.41) is 12.1. The Kier molecular flexibility index (Phi) is 5.93. The second-order valence-corrected chi connectivity index (χ2v) is 6.85. The van der Waals surface area contributed by atoms with E-state index in [-0.39, 0.29) is 41.1 Å². The number of urea groups is 1. The summed E-state index contributed by atoms with van der Waals surface area (Å²) < 4.78 is 19.4. The largest absolute Gasteiger partial charge is 0.452 e. The third-order valence-corrected chi connectivity index (χ3v) is 4.78. The first kappa shape index (κ1) is 20.2. The van der Waals surface area contributed by atoms with E-state index < -0.39 is 23.8 Å². The number of carbonyl (C=O) groups is 2. The highest BCUT2D eigenvalue weighted by atomic mass is 35.5. The van der Waals surface area contributed by atoms with Crippen LogP contribution in [0.4, 0.5) is 14.9 Å². The number of aliphatic hydroxyl groups is 1. The number of fused-ring (bicyclic) bond motifs is 1. The van der Waals surface area contributed by atoms with Crippen LogP contribution in [0.2, 0.25) is 10.0 Å². The number of primary amides is 1. The summed E-state index contributed by atoms with van der Waals surface area (Å²) >= 11 is 12.4. The molecule has 2 aromatic rings. The molecule has 1 atom stereocenters. The molecule has 0 fully saturated rings. The Labute approximate surface area is 169 Å². The lowest BCUT2D eigenvalue weighted by Gasteiger charge is -2.35. The summed E-state index contributed by atoms with van der Waals surface area (Å²) in [5.41, 5.74) is 6.08. The zero-order valence-electron chi connectivity index (χ0n) is 14.4. The molecule has 0 spiro atoms. The van der Waals surface area contributed by atoms with Crippen molar-refractivity contribution in [3.05, 3.63) is 51.8 Å². The van der Waals surface area contributed by atoms with Crippen LogP contribution in [0.1, 0.15) is 5.56 Å². The quantitative estimate of drug-likeness (QED) is 0.681. The van der Waals surface area contributed by atoms with Gasteiger partial charge in [0.15, 0.2) is 5.75 Å². The number of nitrogens with zero attached hydrogens (tertiary/aromatic N) is 1. The molecule has 0 bridgehead atoms. The number of benzene rings is 2. The number of hydrogen-bond acceptors (Lipinski definition) is 4. The third kappa shape index (κ3) is 3.99. The van der Waals surface area contributed by atoms with Crippen molar-refractivity contribution in [2.24, 2.45) is 5.73 Å². The molecule has 1 aliphatic rings. The highest BCUT2D eigenvalue weighted by molar-refractivity contribution is 6.33. The zero-order valence-corrected chi connectivity index (χ0v) is 15.9. The molecule has 10 heteroatoms. The minimum absolute atomic E-state index is 0.0192. The van der Waals surface area contributed by atoms with Crippen molar-refractivity contribution in [2.45, 2.75) is 12.5 Å². The van der Waals surface area contributed by atoms with Crippen LogP contribution in [0, 0.1) is 5.82 Å². The first-order valence-electron chi connectivity index (χ1n) is 8.24. The maximum atomic E-state index is 13.6. The maximum Gasteiger partial charge on any atom is 0.312 e. The fraction of sp³-hybridized carbons (Fsp3) is 0.222. The standard InChI is InChI=1S/C18H16Cl2FN3O4/c19-11-4-2-10(21)8-14(11)28-16-12(20)3-1-9-7-13(23-18(22)27)17(26)24(5-6-25)15(9)16/h1-4,8,13,25H,5-7H2,(H3,22,23,27)/t13-/m1/s1. The van der Waals surface area contributed by atoms with Crippen LogP contribution in [-0.2, 0) is 11.2 Å². The number of nitrogens with one attached hydrogen (secondary N) is 1. The second-order valence-electron chi connectivity index (χ2n) is 6.04. The van der Waals surface area contributed by atoms with Crippen molar-refractivity contribution in [3.8, 4) is 11.5 Å². The lowest BCUT2D eigenvalue weighted by molar-refractivity contribution is -0.120. The Morgan fingerprint density at radius 3 is 2.71 bits per heavy atom. The Morgan fingerprint density at radius 2 is 2.04 bits per heavy atom. The first-order chi connectivity index (χ1) is 13.3.